The minimum absolute atomic E-state index is 0.0415. The van der Waals surface area contributed by atoms with Gasteiger partial charge in [0.25, 0.3) is 0 Å². The van der Waals surface area contributed by atoms with Crippen LogP contribution in [0.5, 0.6) is 11.5 Å². The summed E-state index contributed by atoms with van der Waals surface area (Å²) in [5.74, 6) is 1.49. The summed E-state index contributed by atoms with van der Waals surface area (Å²) in [7, 11) is 0. The Kier molecular flexibility index (Phi) is 3.35. The Balaban J connectivity index is 1.79. The van der Waals surface area contributed by atoms with Crippen LogP contribution in [-0.2, 0) is 4.79 Å². The molecule has 1 amide bonds. The van der Waals surface area contributed by atoms with E-state index in [-0.39, 0.29) is 11.8 Å². The van der Waals surface area contributed by atoms with Gasteiger partial charge in [-0.2, -0.15) is 0 Å². The first-order valence-corrected chi connectivity index (χ1v) is 6.49. The van der Waals surface area contributed by atoms with Crippen molar-refractivity contribution < 1.29 is 14.3 Å². The maximum Gasteiger partial charge on any atom is 0.227 e. The van der Waals surface area contributed by atoms with Gasteiger partial charge in [-0.1, -0.05) is 5.11 Å². The van der Waals surface area contributed by atoms with E-state index < -0.39 is 0 Å². The number of carbonyl (C=O) groups is 1. The Morgan fingerprint density at radius 3 is 2.95 bits per heavy atom. The Morgan fingerprint density at radius 1 is 1.35 bits per heavy atom. The summed E-state index contributed by atoms with van der Waals surface area (Å²) in [5.41, 5.74) is 9.13. The lowest BCUT2D eigenvalue weighted by atomic mass is 10.1. The SMILES string of the molecule is [N-]=[N+]=NCC1CC(=O)N(c2ccc3c(c2)OCCO3)C1. The van der Waals surface area contributed by atoms with Crippen molar-refractivity contribution in [1.29, 1.82) is 0 Å². The summed E-state index contributed by atoms with van der Waals surface area (Å²) in [4.78, 5) is 16.5. The number of carbonyl (C=O) groups excluding carboxylic acids is 1. The largest absolute Gasteiger partial charge is 0.486 e. The van der Waals surface area contributed by atoms with Crippen molar-refractivity contribution in [1.82, 2.24) is 0 Å². The smallest absolute Gasteiger partial charge is 0.227 e. The van der Waals surface area contributed by atoms with Gasteiger partial charge >= 0.3 is 0 Å². The van der Waals surface area contributed by atoms with Gasteiger partial charge in [0, 0.05) is 36.2 Å². The van der Waals surface area contributed by atoms with Crippen molar-refractivity contribution >= 4 is 11.6 Å². The Hall–Kier alpha value is -2.40. The average molecular weight is 274 g/mol. The molecule has 1 aromatic rings. The fourth-order valence-electron chi connectivity index (χ4n) is 2.51. The third-order valence-electron chi connectivity index (χ3n) is 3.45. The molecule has 1 atom stereocenters. The van der Waals surface area contributed by atoms with E-state index in [0.29, 0.717) is 44.2 Å². The van der Waals surface area contributed by atoms with Crippen LogP contribution in [0.25, 0.3) is 10.4 Å². The standard InChI is InChI=1S/C13H14N4O3/c14-16-15-7-9-5-13(18)17(8-9)10-1-2-11-12(6-10)20-4-3-19-11/h1-2,6,9H,3-5,7-8H2. The Bertz CT molecular complexity index is 583. The van der Waals surface area contributed by atoms with Crippen molar-refractivity contribution in [3.63, 3.8) is 0 Å². The van der Waals surface area contributed by atoms with Crippen molar-refractivity contribution in [2.24, 2.45) is 11.0 Å². The number of nitrogens with zero attached hydrogens (tertiary/aromatic N) is 4. The van der Waals surface area contributed by atoms with Crippen LogP contribution in [-0.4, -0.2) is 32.2 Å². The number of benzene rings is 1. The molecule has 7 heteroatoms. The molecule has 20 heavy (non-hydrogen) atoms. The van der Waals surface area contributed by atoms with E-state index in [1.165, 1.54) is 0 Å². The van der Waals surface area contributed by atoms with Crippen LogP contribution >= 0.6 is 0 Å². The number of fused-ring (bicyclic) bond motifs is 1. The minimum atomic E-state index is 0.0415. The summed E-state index contributed by atoms with van der Waals surface area (Å²) >= 11 is 0. The number of hydrogen-bond donors (Lipinski definition) is 0. The number of anilines is 1. The molecule has 0 N–H and O–H groups in total. The number of azide groups is 1. The highest BCUT2D eigenvalue weighted by molar-refractivity contribution is 5.96. The topological polar surface area (TPSA) is 87.5 Å². The summed E-state index contributed by atoms with van der Waals surface area (Å²) in [6, 6.07) is 5.49. The van der Waals surface area contributed by atoms with Gasteiger partial charge < -0.3 is 14.4 Å². The first-order valence-electron chi connectivity index (χ1n) is 6.49. The fourth-order valence-corrected chi connectivity index (χ4v) is 2.51. The van der Waals surface area contributed by atoms with Crippen LogP contribution in [0.1, 0.15) is 6.42 Å². The molecule has 0 aromatic heterocycles. The zero-order valence-electron chi connectivity index (χ0n) is 10.9. The highest BCUT2D eigenvalue weighted by atomic mass is 16.6. The second-order valence-electron chi connectivity index (χ2n) is 4.82. The molecule has 0 spiro atoms. The molecule has 1 saturated heterocycles. The van der Waals surface area contributed by atoms with Crippen molar-refractivity contribution in [2.45, 2.75) is 6.42 Å². The van der Waals surface area contributed by atoms with Crippen LogP contribution < -0.4 is 14.4 Å². The van der Waals surface area contributed by atoms with Crippen LogP contribution in [0.3, 0.4) is 0 Å². The number of amides is 1. The third kappa shape index (κ3) is 2.35. The first-order chi connectivity index (χ1) is 9.78. The van der Waals surface area contributed by atoms with Crippen molar-refractivity contribution in [2.75, 3.05) is 31.2 Å². The molecule has 1 aromatic carbocycles. The summed E-state index contributed by atoms with van der Waals surface area (Å²) in [6.07, 6.45) is 0.410. The van der Waals surface area contributed by atoms with Gasteiger partial charge in [-0.3, -0.25) is 4.79 Å². The van der Waals surface area contributed by atoms with Gasteiger partial charge in [0.1, 0.15) is 13.2 Å². The second-order valence-corrected chi connectivity index (χ2v) is 4.82. The lowest BCUT2D eigenvalue weighted by Crippen LogP contribution is -2.25. The third-order valence-corrected chi connectivity index (χ3v) is 3.45. The molecule has 1 unspecified atom stereocenters. The number of rotatable bonds is 3. The molecule has 0 aliphatic carbocycles. The molecule has 0 saturated carbocycles. The minimum Gasteiger partial charge on any atom is -0.486 e. The normalized spacial score (nSPS) is 20.7. The van der Waals surface area contributed by atoms with Gasteiger partial charge in [-0.05, 0) is 23.6 Å². The molecule has 1 fully saturated rings. The summed E-state index contributed by atoms with van der Waals surface area (Å²) < 4.78 is 11.0. The lowest BCUT2D eigenvalue weighted by molar-refractivity contribution is -0.117. The zero-order chi connectivity index (χ0) is 13.9. The van der Waals surface area contributed by atoms with Crippen molar-refractivity contribution in [3.05, 3.63) is 28.6 Å². The Labute approximate surface area is 115 Å². The van der Waals surface area contributed by atoms with Crippen LogP contribution in [0.4, 0.5) is 5.69 Å². The monoisotopic (exact) mass is 274 g/mol. The van der Waals surface area contributed by atoms with E-state index in [1.54, 1.807) is 4.90 Å². The highest BCUT2D eigenvalue weighted by Crippen LogP contribution is 2.35. The van der Waals surface area contributed by atoms with Crippen molar-refractivity contribution in [3.8, 4) is 11.5 Å². The average Bonchev–Trinajstić information content (AvgIpc) is 2.85. The molecule has 2 aliphatic heterocycles. The predicted molar refractivity (Wildman–Crippen MR) is 71.9 cm³/mol. The highest BCUT2D eigenvalue weighted by Gasteiger charge is 2.30. The van der Waals surface area contributed by atoms with E-state index in [0.717, 1.165) is 5.69 Å². The number of ether oxygens (including phenoxy) is 2. The fraction of sp³-hybridized carbons (Fsp3) is 0.462. The number of hydrogen-bond acceptors (Lipinski definition) is 4. The molecular formula is C13H14N4O3. The van der Waals surface area contributed by atoms with E-state index >= 15 is 0 Å². The summed E-state index contributed by atoms with van der Waals surface area (Å²) in [6.45, 7) is 1.98. The quantitative estimate of drug-likeness (QED) is 0.480. The van der Waals surface area contributed by atoms with E-state index in [2.05, 4.69) is 10.0 Å². The van der Waals surface area contributed by atoms with Gasteiger partial charge in [-0.25, -0.2) is 0 Å². The molecule has 2 aliphatic rings. The van der Waals surface area contributed by atoms with E-state index in [1.807, 2.05) is 18.2 Å². The predicted octanol–water partition coefficient (Wildman–Crippen LogP) is 2.12. The van der Waals surface area contributed by atoms with Crippen LogP contribution in [0.15, 0.2) is 23.3 Å². The van der Waals surface area contributed by atoms with Gasteiger partial charge in [0.15, 0.2) is 11.5 Å². The van der Waals surface area contributed by atoms with Crippen LogP contribution in [0, 0.1) is 5.92 Å². The molecule has 0 bridgehead atoms. The molecule has 0 radical (unpaired) electrons. The molecule has 104 valence electrons. The maximum atomic E-state index is 12.0. The van der Waals surface area contributed by atoms with E-state index in [9.17, 15) is 4.79 Å². The summed E-state index contributed by atoms with van der Waals surface area (Å²) in [5, 5.41) is 3.54. The molecule has 3 rings (SSSR count). The zero-order valence-corrected chi connectivity index (χ0v) is 10.9. The van der Waals surface area contributed by atoms with Crippen LogP contribution in [0.2, 0.25) is 0 Å². The first kappa shape index (κ1) is 12.6. The molecular weight excluding hydrogens is 260 g/mol. The molecule has 2 heterocycles. The van der Waals surface area contributed by atoms with E-state index in [4.69, 9.17) is 15.0 Å². The van der Waals surface area contributed by atoms with Gasteiger partial charge in [-0.15, -0.1) is 0 Å². The Morgan fingerprint density at radius 2 is 2.15 bits per heavy atom. The second kappa shape index (κ2) is 5.30. The van der Waals surface area contributed by atoms with Gasteiger partial charge in [0.2, 0.25) is 5.91 Å². The van der Waals surface area contributed by atoms with Gasteiger partial charge in [0.05, 0.1) is 0 Å². The lowest BCUT2D eigenvalue weighted by Gasteiger charge is -2.22. The molecule has 7 nitrogen and oxygen atoms in total. The maximum absolute atomic E-state index is 12.0.